The first-order valence-corrected chi connectivity index (χ1v) is 8.79. The Kier molecular flexibility index (Phi) is 4.49. The lowest BCUT2D eigenvalue weighted by Gasteiger charge is -2.20. The minimum absolute atomic E-state index is 0.649. The third-order valence-corrected chi connectivity index (χ3v) is 4.93. The molecule has 0 spiro atoms. The normalized spacial score (nSPS) is 21.0. The average Bonchev–Trinajstić information content (AvgIpc) is 3.21. The van der Waals surface area contributed by atoms with E-state index in [4.69, 9.17) is 4.74 Å². The summed E-state index contributed by atoms with van der Waals surface area (Å²) in [5.41, 5.74) is 2.38. The number of aromatic nitrogens is 3. The van der Waals surface area contributed by atoms with Gasteiger partial charge >= 0.3 is 0 Å². The molecular formula is C18H25N5O. The number of imidazole rings is 1. The van der Waals surface area contributed by atoms with E-state index in [9.17, 15) is 0 Å². The molecule has 6 heteroatoms. The fourth-order valence-corrected chi connectivity index (χ4v) is 3.63. The molecule has 2 aromatic heterocycles. The van der Waals surface area contributed by atoms with Crippen molar-refractivity contribution >= 4 is 5.82 Å². The van der Waals surface area contributed by atoms with Gasteiger partial charge in [0.05, 0.1) is 12.3 Å². The molecule has 0 aromatic carbocycles. The number of anilines is 1. The van der Waals surface area contributed by atoms with Crippen molar-refractivity contribution in [3.05, 3.63) is 41.6 Å². The maximum atomic E-state index is 5.47. The predicted molar refractivity (Wildman–Crippen MR) is 92.7 cm³/mol. The third-order valence-electron chi connectivity index (χ3n) is 4.93. The Morgan fingerprint density at radius 1 is 1.33 bits per heavy atom. The molecule has 1 unspecified atom stereocenters. The Balaban J connectivity index is 1.29. The van der Waals surface area contributed by atoms with Crippen molar-refractivity contribution < 1.29 is 4.74 Å². The van der Waals surface area contributed by atoms with Gasteiger partial charge < -0.3 is 14.6 Å². The van der Waals surface area contributed by atoms with Crippen LogP contribution in [0.2, 0.25) is 0 Å². The van der Waals surface area contributed by atoms with Crippen LogP contribution in [0.1, 0.15) is 23.6 Å². The second kappa shape index (κ2) is 6.91. The summed E-state index contributed by atoms with van der Waals surface area (Å²) in [5.74, 6) is 2.73. The maximum Gasteiger partial charge on any atom is 0.135 e. The van der Waals surface area contributed by atoms with E-state index in [1.807, 2.05) is 25.3 Å². The van der Waals surface area contributed by atoms with E-state index in [2.05, 4.69) is 30.8 Å². The number of ether oxygens (including phenoxy) is 1. The van der Waals surface area contributed by atoms with Crippen LogP contribution >= 0.6 is 0 Å². The van der Waals surface area contributed by atoms with Crippen LogP contribution in [0, 0.1) is 12.8 Å². The molecule has 4 heterocycles. The highest BCUT2D eigenvalue weighted by Crippen LogP contribution is 2.21. The van der Waals surface area contributed by atoms with Gasteiger partial charge in [-0.2, -0.15) is 0 Å². The van der Waals surface area contributed by atoms with Crippen LogP contribution in [-0.4, -0.2) is 45.7 Å². The van der Waals surface area contributed by atoms with Gasteiger partial charge in [0.25, 0.3) is 0 Å². The zero-order chi connectivity index (χ0) is 16.4. The number of rotatable bonds is 5. The SMILES string of the molecule is Cc1cccc(NCC2CCN(Cc3cnc4n3CCOC4)C2)n1. The highest BCUT2D eigenvalue weighted by atomic mass is 16.5. The molecule has 2 aromatic rings. The Morgan fingerprint density at radius 3 is 3.21 bits per heavy atom. The van der Waals surface area contributed by atoms with E-state index in [0.717, 1.165) is 56.7 Å². The molecule has 0 amide bonds. The Morgan fingerprint density at radius 2 is 2.29 bits per heavy atom. The monoisotopic (exact) mass is 327 g/mol. The lowest BCUT2D eigenvalue weighted by Crippen LogP contribution is -2.26. The minimum atomic E-state index is 0.649. The fraction of sp³-hybridized carbons (Fsp3) is 0.556. The highest BCUT2D eigenvalue weighted by Gasteiger charge is 2.24. The van der Waals surface area contributed by atoms with E-state index in [0.29, 0.717) is 12.5 Å². The van der Waals surface area contributed by atoms with Crippen molar-refractivity contribution in [1.29, 1.82) is 0 Å². The highest BCUT2D eigenvalue weighted by molar-refractivity contribution is 5.35. The van der Waals surface area contributed by atoms with Crippen molar-refractivity contribution in [2.24, 2.45) is 5.92 Å². The summed E-state index contributed by atoms with van der Waals surface area (Å²) in [7, 11) is 0. The summed E-state index contributed by atoms with van der Waals surface area (Å²) in [5, 5.41) is 3.48. The van der Waals surface area contributed by atoms with Crippen LogP contribution in [0.4, 0.5) is 5.82 Å². The van der Waals surface area contributed by atoms with E-state index in [1.54, 1.807) is 0 Å². The molecule has 2 aliphatic rings. The Bertz CT molecular complexity index is 698. The molecule has 6 nitrogen and oxygen atoms in total. The topological polar surface area (TPSA) is 55.2 Å². The van der Waals surface area contributed by atoms with Crippen molar-refractivity contribution in [3.8, 4) is 0 Å². The molecule has 24 heavy (non-hydrogen) atoms. The summed E-state index contributed by atoms with van der Waals surface area (Å²) in [6, 6.07) is 6.12. The lowest BCUT2D eigenvalue weighted by atomic mass is 10.1. The lowest BCUT2D eigenvalue weighted by molar-refractivity contribution is 0.0798. The van der Waals surface area contributed by atoms with Gasteiger partial charge in [-0.15, -0.1) is 0 Å². The molecular weight excluding hydrogens is 302 g/mol. The number of nitrogens with one attached hydrogen (secondary N) is 1. The standard InChI is InChI=1S/C18H25N5O/c1-14-3-2-4-17(21-14)19-9-15-5-6-22(11-15)12-16-10-20-18-13-24-8-7-23(16)18/h2-4,10,15H,5-9,11-13H2,1H3,(H,19,21). The molecule has 1 N–H and O–H groups in total. The molecule has 128 valence electrons. The number of fused-ring (bicyclic) bond motifs is 1. The number of aryl methyl sites for hydroxylation is 1. The minimum Gasteiger partial charge on any atom is -0.372 e. The van der Waals surface area contributed by atoms with Crippen LogP contribution < -0.4 is 5.32 Å². The molecule has 1 saturated heterocycles. The Labute approximate surface area is 142 Å². The van der Waals surface area contributed by atoms with Gasteiger partial charge in [-0.25, -0.2) is 9.97 Å². The number of pyridine rings is 1. The summed E-state index contributed by atoms with van der Waals surface area (Å²) < 4.78 is 7.79. The quantitative estimate of drug-likeness (QED) is 0.911. The maximum absolute atomic E-state index is 5.47. The van der Waals surface area contributed by atoms with Crippen molar-refractivity contribution in [1.82, 2.24) is 19.4 Å². The first-order chi connectivity index (χ1) is 11.8. The van der Waals surface area contributed by atoms with E-state index in [1.165, 1.54) is 12.1 Å². The first kappa shape index (κ1) is 15.6. The van der Waals surface area contributed by atoms with Crippen LogP contribution in [0.25, 0.3) is 0 Å². The van der Waals surface area contributed by atoms with Gasteiger partial charge in [-0.3, -0.25) is 4.90 Å². The molecule has 1 atom stereocenters. The molecule has 0 aliphatic carbocycles. The van der Waals surface area contributed by atoms with Gasteiger partial charge in [-0.05, 0) is 37.9 Å². The van der Waals surface area contributed by atoms with Gasteiger partial charge in [0, 0.05) is 38.1 Å². The zero-order valence-electron chi connectivity index (χ0n) is 14.2. The Hall–Kier alpha value is -1.92. The fourth-order valence-electron chi connectivity index (χ4n) is 3.63. The van der Waals surface area contributed by atoms with Crippen molar-refractivity contribution in [2.75, 3.05) is 31.6 Å². The number of likely N-dealkylation sites (tertiary alicyclic amines) is 1. The smallest absolute Gasteiger partial charge is 0.135 e. The van der Waals surface area contributed by atoms with E-state index < -0.39 is 0 Å². The number of hydrogen-bond donors (Lipinski definition) is 1. The molecule has 0 saturated carbocycles. The number of hydrogen-bond acceptors (Lipinski definition) is 5. The third kappa shape index (κ3) is 3.44. The van der Waals surface area contributed by atoms with Gasteiger partial charge in [0.1, 0.15) is 18.2 Å². The number of nitrogens with zero attached hydrogens (tertiary/aromatic N) is 4. The van der Waals surface area contributed by atoms with Gasteiger partial charge in [-0.1, -0.05) is 6.07 Å². The summed E-state index contributed by atoms with van der Waals surface area (Å²) >= 11 is 0. The van der Waals surface area contributed by atoms with Crippen molar-refractivity contribution in [3.63, 3.8) is 0 Å². The molecule has 0 bridgehead atoms. The zero-order valence-corrected chi connectivity index (χ0v) is 14.2. The molecule has 2 aliphatic heterocycles. The predicted octanol–water partition coefficient (Wildman–Crippen LogP) is 2.05. The second-order valence-corrected chi connectivity index (χ2v) is 6.80. The average molecular weight is 327 g/mol. The van der Waals surface area contributed by atoms with Gasteiger partial charge in [0.15, 0.2) is 0 Å². The van der Waals surface area contributed by atoms with Crippen LogP contribution in [0.5, 0.6) is 0 Å². The summed E-state index contributed by atoms with van der Waals surface area (Å²) in [6.07, 6.45) is 3.26. The molecule has 1 fully saturated rings. The van der Waals surface area contributed by atoms with Gasteiger partial charge in [0.2, 0.25) is 0 Å². The van der Waals surface area contributed by atoms with E-state index >= 15 is 0 Å². The summed E-state index contributed by atoms with van der Waals surface area (Å²) in [4.78, 5) is 11.5. The molecule has 4 rings (SSSR count). The van der Waals surface area contributed by atoms with E-state index in [-0.39, 0.29) is 0 Å². The van der Waals surface area contributed by atoms with Crippen LogP contribution in [0.3, 0.4) is 0 Å². The van der Waals surface area contributed by atoms with Crippen molar-refractivity contribution in [2.45, 2.75) is 33.0 Å². The van der Waals surface area contributed by atoms with Crippen LogP contribution in [-0.2, 0) is 24.4 Å². The molecule has 0 radical (unpaired) electrons. The van der Waals surface area contributed by atoms with Crippen LogP contribution in [0.15, 0.2) is 24.4 Å². The summed E-state index contributed by atoms with van der Waals surface area (Å²) in [6.45, 7) is 8.68. The largest absolute Gasteiger partial charge is 0.372 e. The second-order valence-electron chi connectivity index (χ2n) is 6.80. The first-order valence-electron chi connectivity index (χ1n) is 8.79.